The molecule has 1 fully saturated rings. The van der Waals surface area contributed by atoms with Crippen LogP contribution in [0.3, 0.4) is 0 Å². The maximum atomic E-state index is 12.7. The minimum absolute atomic E-state index is 0.130. The topological polar surface area (TPSA) is 83.4 Å². The molecule has 0 spiro atoms. The van der Waals surface area contributed by atoms with E-state index in [1.165, 1.54) is 7.11 Å². The van der Waals surface area contributed by atoms with Gasteiger partial charge in [-0.2, -0.15) is 0 Å². The second-order valence-electron chi connectivity index (χ2n) is 6.88. The standard InChI is InChI=1S/C16H25NO6/c1-6-21-12(18)13(20-5)22-14(19)16-9-7-8-10(16)11(17-23-16)15(2,3)4/h10,13H,6-9H2,1-5H3. The van der Waals surface area contributed by atoms with E-state index in [0.29, 0.717) is 6.42 Å². The number of nitrogens with zero attached hydrogens (tertiary/aromatic N) is 1. The fourth-order valence-electron chi connectivity index (χ4n) is 3.18. The molecule has 0 aromatic carbocycles. The van der Waals surface area contributed by atoms with Gasteiger partial charge < -0.3 is 19.0 Å². The number of hydrogen-bond donors (Lipinski definition) is 0. The van der Waals surface area contributed by atoms with E-state index >= 15 is 0 Å². The van der Waals surface area contributed by atoms with Crippen LogP contribution >= 0.6 is 0 Å². The van der Waals surface area contributed by atoms with Crippen molar-refractivity contribution in [2.75, 3.05) is 13.7 Å². The quantitative estimate of drug-likeness (QED) is 0.567. The van der Waals surface area contributed by atoms with Gasteiger partial charge in [-0.25, -0.2) is 9.59 Å². The molecule has 0 bridgehead atoms. The number of ether oxygens (including phenoxy) is 3. The Morgan fingerprint density at radius 1 is 1.43 bits per heavy atom. The highest BCUT2D eigenvalue weighted by Crippen LogP contribution is 2.48. The molecule has 1 aliphatic carbocycles. The first kappa shape index (κ1) is 17.7. The third-order valence-corrected chi connectivity index (χ3v) is 4.26. The summed E-state index contributed by atoms with van der Waals surface area (Å²) in [5.41, 5.74) is -0.484. The summed E-state index contributed by atoms with van der Waals surface area (Å²) in [4.78, 5) is 30.0. The second kappa shape index (κ2) is 6.47. The largest absolute Gasteiger partial charge is 0.461 e. The molecule has 1 aliphatic heterocycles. The minimum atomic E-state index is -1.39. The smallest absolute Gasteiger partial charge is 0.376 e. The van der Waals surface area contributed by atoms with Crippen LogP contribution < -0.4 is 0 Å². The van der Waals surface area contributed by atoms with Crippen molar-refractivity contribution in [1.29, 1.82) is 0 Å². The zero-order valence-corrected chi connectivity index (χ0v) is 14.4. The number of fused-ring (bicyclic) bond motifs is 1. The average Bonchev–Trinajstić information content (AvgIpc) is 3.02. The fraction of sp³-hybridized carbons (Fsp3) is 0.812. The Labute approximate surface area is 136 Å². The molecule has 0 radical (unpaired) electrons. The van der Waals surface area contributed by atoms with Gasteiger partial charge in [-0.05, 0) is 19.8 Å². The molecule has 23 heavy (non-hydrogen) atoms. The Balaban J connectivity index is 2.14. The SMILES string of the molecule is CCOC(=O)C(OC)OC(=O)C12CCCC1C(C(C)(C)C)=NO2. The molecule has 0 aromatic rings. The van der Waals surface area contributed by atoms with E-state index in [4.69, 9.17) is 19.0 Å². The Hall–Kier alpha value is -1.63. The third kappa shape index (κ3) is 3.20. The number of esters is 2. The summed E-state index contributed by atoms with van der Waals surface area (Å²) in [6, 6.07) is 0. The van der Waals surface area contributed by atoms with Crippen LogP contribution in [0.2, 0.25) is 0 Å². The van der Waals surface area contributed by atoms with Crippen molar-refractivity contribution in [1.82, 2.24) is 0 Å². The normalized spacial score (nSPS) is 27.7. The number of hydrogen-bond acceptors (Lipinski definition) is 7. The zero-order valence-electron chi connectivity index (χ0n) is 14.4. The lowest BCUT2D eigenvalue weighted by Crippen LogP contribution is -2.48. The molecule has 7 nitrogen and oxygen atoms in total. The van der Waals surface area contributed by atoms with Gasteiger partial charge in [-0.15, -0.1) is 0 Å². The van der Waals surface area contributed by atoms with Crippen molar-refractivity contribution in [3.05, 3.63) is 0 Å². The Kier molecular flexibility index (Phi) is 4.98. The molecule has 3 atom stereocenters. The van der Waals surface area contributed by atoms with Crippen molar-refractivity contribution in [3.63, 3.8) is 0 Å². The van der Waals surface area contributed by atoms with Gasteiger partial charge >= 0.3 is 18.2 Å². The van der Waals surface area contributed by atoms with Crippen LogP contribution in [-0.4, -0.2) is 43.3 Å². The molecule has 0 N–H and O–H groups in total. The van der Waals surface area contributed by atoms with E-state index in [-0.39, 0.29) is 17.9 Å². The highest BCUT2D eigenvalue weighted by Gasteiger charge is 2.61. The van der Waals surface area contributed by atoms with Gasteiger partial charge in [-0.1, -0.05) is 25.9 Å². The van der Waals surface area contributed by atoms with Gasteiger partial charge in [0.25, 0.3) is 0 Å². The van der Waals surface area contributed by atoms with E-state index in [1.807, 2.05) is 20.8 Å². The van der Waals surface area contributed by atoms with Gasteiger partial charge in [0.15, 0.2) is 0 Å². The van der Waals surface area contributed by atoms with Crippen molar-refractivity contribution < 1.29 is 28.6 Å². The number of methoxy groups -OCH3 is 1. The predicted molar refractivity (Wildman–Crippen MR) is 81.6 cm³/mol. The van der Waals surface area contributed by atoms with Crippen molar-refractivity contribution in [2.45, 2.75) is 58.8 Å². The van der Waals surface area contributed by atoms with E-state index in [2.05, 4.69) is 5.16 Å². The maximum Gasteiger partial charge on any atom is 0.376 e. The van der Waals surface area contributed by atoms with E-state index in [0.717, 1.165) is 18.6 Å². The van der Waals surface area contributed by atoms with Gasteiger partial charge in [0.1, 0.15) is 0 Å². The molecule has 1 heterocycles. The Morgan fingerprint density at radius 3 is 2.70 bits per heavy atom. The zero-order chi connectivity index (χ0) is 17.3. The predicted octanol–water partition coefficient (Wildman–Crippen LogP) is 2.04. The third-order valence-electron chi connectivity index (χ3n) is 4.26. The van der Waals surface area contributed by atoms with Gasteiger partial charge in [0, 0.05) is 18.9 Å². The molecule has 0 aromatic heterocycles. The molecular weight excluding hydrogens is 302 g/mol. The summed E-state index contributed by atoms with van der Waals surface area (Å²) < 4.78 is 15.0. The summed E-state index contributed by atoms with van der Waals surface area (Å²) in [6.07, 6.45) is 0.771. The molecule has 3 unspecified atom stereocenters. The first-order valence-corrected chi connectivity index (χ1v) is 7.93. The summed E-state index contributed by atoms with van der Waals surface area (Å²) in [5, 5.41) is 4.16. The minimum Gasteiger partial charge on any atom is -0.461 e. The van der Waals surface area contributed by atoms with Crippen LogP contribution in [-0.2, 0) is 28.6 Å². The average molecular weight is 327 g/mol. The summed E-state index contributed by atoms with van der Waals surface area (Å²) in [6.45, 7) is 7.95. The van der Waals surface area contributed by atoms with Crippen LogP contribution in [0.1, 0.15) is 47.0 Å². The number of carbonyl (C=O) groups is 2. The lowest BCUT2D eigenvalue weighted by Gasteiger charge is -2.28. The number of rotatable bonds is 5. The summed E-state index contributed by atoms with van der Waals surface area (Å²) >= 11 is 0. The highest BCUT2D eigenvalue weighted by molar-refractivity contribution is 5.99. The monoisotopic (exact) mass is 327 g/mol. The lowest BCUT2D eigenvalue weighted by atomic mass is 9.76. The van der Waals surface area contributed by atoms with Crippen LogP contribution in [0.5, 0.6) is 0 Å². The molecule has 1 saturated carbocycles. The van der Waals surface area contributed by atoms with Crippen molar-refractivity contribution in [3.8, 4) is 0 Å². The Morgan fingerprint density at radius 2 is 2.13 bits per heavy atom. The molecule has 0 amide bonds. The molecular formula is C16H25NO6. The number of carbonyl (C=O) groups excluding carboxylic acids is 2. The van der Waals surface area contributed by atoms with Crippen molar-refractivity contribution >= 4 is 17.7 Å². The second-order valence-corrected chi connectivity index (χ2v) is 6.88. The number of oxime groups is 1. The van der Waals surface area contributed by atoms with Crippen LogP contribution in [0.4, 0.5) is 0 Å². The van der Waals surface area contributed by atoms with E-state index in [9.17, 15) is 9.59 Å². The van der Waals surface area contributed by atoms with E-state index in [1.54, 1.807) is 6.92 Å². The highest BCUT2D eigenvalue weighted by atomic mass is 16.7. The molecule has 2 rings (SSSR count). The van der Waals surface area contributed by atoms with Crippen LogP contribution in [0.15, 0.2) is 5.16 Å². The molecule has 130 valence electrons. The van der Waals surface area contributed by atoms with Crippen LogP contribution in [0, 0.1) is 11.3 Å². The van der Waals surface area contributed by atoms with Gasteiger partial charge in [-0.3, -0.25) is 0 Å². The molecule has 0 saturated heterocycles. The summed E-state index contributed by atoms with van der Waals surface area (Å²) in [5.74, 6) is -1.48. The first-order chi connectivity index (χ1) is 10.8. The molecule has 7 heteroatoms. The van der Waals surface area contributed by atoms with Gasteiger partial charge in [0.2, 0.25) is 5.60 Å². The molecule has 2 aliphatic rings. The fourth-order valence-corrected chi connectivity index (χ4v) is 3.18. The Bertz CT molecular complexity index is 509. The lowest BCUT2D eigenvalue weighted by molar-refractivity contribution is -0.210. The van der Waals surface area contributed by atoms with Gasteiger partial charge in [0.05, 0.1) is 18.2 Å². The summed E-state index contributed by atoms with van der Waals surface area (Å²) in [7, 11) is 1.28. The van der Waals surface area contributed by atoms with Crippen LogP contribution in [0.25, 0.3) is 0 Å². The van der Waals surface area contributed by atoms with Crippen molar-refractivity contribution in [2.24, 2.45) is 16.5 Å². The van der Waals surface area contributed by atoms with E-state index < -0.39 is 23.8 Å². The maximum absolute atomic E-state index is 12.7. The first-order valence-electron chi connectivity index (χ1n) is 7.93.